The first-order chi connectivity index (χ1) is 12.5. The van der Waals surface area contributed by atoms with Gasteiger partial charge in [0.15, 0.2) is 0 Å². The average molecular weight is 381 g/mol. The van der Waals surface area contributed by atoms with Gasteiger partial charge < -0.3 is 9.84 Å². The van der Waals surface area contributed by atoms with E-state index in [1.165, 1.54) is 0 Å². The molecule has 0 bridgehead atoms. The largest absolute Gasteiger partial charge is 0.392 e. The first-order valence-corrected chi connectivity index (χ1v) is 11.0. The number of aliphatic hydroxyl groups is 1. The zero-order valence-electron chi connectivity index (χ0n) is 15.1. The highest BCUT2D eigenvalue weighted by Crippen LogP contribution is 2.43. The Labute approximate surface area is 155 Å². The lowest BCUT2D eigenvalue weighted by Gasteiger charge is -2.37. The minimum Gasteiger partial charge on any atom is -0.392 e. The minimum absolute atomic E-state index is 0.117. The molecule has 144 valence electrons. The maximum atomic E-state index is 12.8. The molecule has 7 heteroatoms. The van der Waals surface area contributed by atoms with Crippen LogP contribution >= 0.6 is 0 Å². The third kappa shape index (κ3) is 3.68. The molecule has 0 unspecified atom stereocenters. The van der Waals surface area contributed by atoms with Gasteiger partial charge in [-0.05, 0) is 43.2 Å². The molecule has 3 aliphatic rings. The number of rotatable bonds is 4. The van der Waals surface area contributed by atoms with Crippen LogP contribution in [-0.4, -0.2) is 74.3 Å². The molecule has 0 amide bonds. The van der Waals surface area contributed by atoms with Gasteiger partial charge in [0.25, 0.3) is 0 Å². The van der Waals surface area contributed by atoms with Crippen LogP contribution in [0.3, 0.4) is 0 Å². The third-order valence-corrected chi connectivity index (χ3v) is 8.07. The summed E-state index contributed by atoms with van der Waals surface area (Å²) in [5.74, 6) is 0. The van der Waals surface area contributed by atoms with Gasteiger partial charge in [-0.3, -0.25) is 4.90 Å². The second kappa shape index (κ2) is 7.20. The summed E-state index contributed by atoms with van der Waals surface area (Å²) in [6.07, 6.45) is 3.58. The van der Waals surface area contributed by atoms with E-state index >= 15 is 0 Å². The van der Waals surface area contributed by atoms with E-state index < -0.39 is 10.0 Å². The minimum atomic E-state index is -3.39. The zero-order chi connectivity index (χ0) is 18.2. The lowest BCUT2D eigenvalue weighted by atomic mass is 9.77. The molecule has 1 spiro atoms. The second-order valence-electron chi connectivity index (χ2n) is 8.06. The summed E-state index contributed by atoms with van der Waals surface area (Å²) in [6, 6.07) is 8.70. The van der Waals surface area contributed by atoms with E-state index in [1.54, 1.807) is 28.6 Å². The van der Waals surface area contributed by atoms with Crippen LogP contribution in [0.2, 0.25) is 0 Å². The van der Waals surface area contributed by atoms with Crippen LogP contribution in [-0.2, 0) is 14.8 Å². The van der Waals surface area contributed by atoms with Crippen LogP contribution in [0.25, 0.3) is 0 Å². The summed E-state index contributed by atoms with van der Waals surface area (Å²) in [4.78, 5) is 2.66. The number of likely N-dealkylation sites (tertiary alicyclic amines) is 1. The monoisotopic (exact) mass is 380 g/mol. The number of β-amino-alcohol motifs (C(OH)–C–C–N with tert-alkyl or cyclic N) is 1. The van der Waals surface area contributed by atoms with Gasteiger partial charge in [-0.25, -0.2) is 8.42 Å². The fourth-order valence-electron chi connectivity index (χ4n) is 4.57. The lowest BCUT2D eigenvalue weighted by molar-refractivity contribution is 0.0599. The van der Waals surface area contributed by atoms with E-state index in [1.807, 2.05) is 6.07 Å². The van der Waals surface area contributed by atoms with Gasteiger partial charge in [-0.1, -0.05) is 18.2 Å². The number of benzene rings is 1. The summed E-state index contributed by atoms with van der Waals surface area (Å²) < 4.78 is 33.2. The molecule has 3 fully saturated rings. The average Bonchev–Trinajstić information content (AvgIpc) is 3.23. The summed E-state index contributed by atoms with van der Waals surface area (Å²) in [5, 5.41) is 9.67. The molecule has 1 N–H and O–H groups in total. The Balaban J connectivity index is 1.34. The van der Waals surface area contributed by atoms with Gasteiger partial charge in [-0.15, -0.1) is 0 Å². The standard InChI is InChI=1S/C19H28N2O4S/c22-16-6-9-20(13-16)14-17-12-19(15-25-17)7-10-21(11-8-19)26(23,24)18-4-2-1-3-5-18/h1-5,16-17,22H,6-15H2/t16-,17+/m0/s1. The molecule has 3 saturated heterocycles. The first kappa shape index (κ1) is 18.4. The quantitative estimate of drug-likeness (QED) is 0.853. The van der Waals surface area contributed by atoms with Crippen molar-refractivity contribution < 1.29 is 18.3 Å². The topological polar surface area (TPSA) is 70.1 Å². The second-order valence-corrected chi connectivity index (χ2v) is 9.99. The molecule has 6 nitrogen and oxygen atoms in total. The molecule has 3 heterocycles. The van der Waals surface area contributed by atoms with Crippen molar-refractivity contribution in [2.75, 3.05) is 39.3 Å². The molecular formula is C19H28N2O4S. The molecule has 0 aliphatic carbocycles. The van der Waals surface area contributed by atoms with Crippen molar-refractivity contribution in [3.63, 3.8) is 0 Å². The Morgan fingerprint density at radius 3 is 2.54 bits per heavy atom. The van der Waals surface area contributed by atoms with Crippen LogP contribution in [0.15, 0.2) is 35.2 Å². The van der Waals surface area contributed by atoms with Crippen molar-refractivity contribution in [2.24, 2.45) is 5.41 Å². The van der Waals surface area contributed by atoms with Gasteiger partial charge in [0.2, 0.25) is 10.0 Å². The molecule has 1 aromatic rings. The molecule has 1 aromatic carbocycles. The fraction of sp³-hybridized carbons (Fsp3) is 0.684. The highest BCUT2D eigenvalue weighted by atomic mass is 32.2. The molecule has 26 heavy (non-hydrogen) atoms. The molecule has 0 aromatic heterocycles. The maximum absolute atomic E-state index is 12.8. The smallest absolute Gasteiger partial charge is 0.243 e. The maximum Gasteiger partial charge on any atom is 0.243 e. The number of nitrogens with zero attached hydrogens (tertiary/aromatic N) is 2. The lowest BCUT2D eigenvalue weighted by Crippen LogP contribution is -2.43. The van der Waals surface area contributed by atoms with E-state index in [-0.39, 0.29) is 17.6 Å². The van der Waals surface area contributed by atoms with Gasteiger partial charge in [0.1, 0.15) is 0 Å². The SMILES string of the molecule is O=S(=O)(c1ccccc1)N1CCC2(CC1)CO[C@@H](CN1CC[C@H](O)C1)C2. The molecule has 0 radical (unpaired) electrons. The van der Waals surface area contributed by atoms with Crippen molar-refractivity contribution >= 4 is 10.0 Å². The van der Waals surface area contributed by atoms with Crippen LogP contribution in [0, 0.1) is 5.41 Å². The predicted molar refractivity (Wildman–Crippen MR) is 98.3 cm³/mol. The number of sulfonamides is 1. The Kier molecular flexibility index (Phi) is 5.09. The molecular weight excluding hydrogens is 352 g/mol. The number of hydrogen-bond donors (Lipinski definition) is 1. The van der Waals surface area contributed by atoms with E-state index in [2.05, 4.69) is 4.90 Å². The fourth-order valence-corrected chi connectivity index (χ4v) is 6.03. The van der Waals surface area contributed by atoms with E-state index in [4.69, 9.17) is 4.74 Å². The van der Waals surface area contributed by atoms with Crippen LogP contribution in [0.4, 0.5) is 0 Å². The number of aliphatic hydroxyl groups excluding tert-OH is 1. The van der Waals surface area contributed by atoms with Crippen molar-refractivity contribution in [3.8, 4) is 0 Å². The van der Waals surface area contributed by atoms with Crippen LogP contribution in [0.1, 0.15) is 25.7 Å². The summed E-state index contributed by atoms with van der Waals surface area (Å²) in [6.45, 7) is 4.43. The van der Waals surface area contributed by atoms with Gasteiger partial charge in [0, 0.05) is 32.7 Å². The van der Waals surface area contributed by atoms with Crippen molar-refractivity contribution in [1.82, 2.24) is 9.21 Å². The van der Waals surface area contributed by atoms with Gasteiger partial charge in [0.05, 0.1) is 23.7 Å². The number of piperidine rings is 1. The summed E-state index contributed by atoms with van der Waals surface area (Å²) >= 11 is 0. The summed E-state index contributed by atoms with van der Waals surface area (Å²) in [5.41, 5.74) is 0.117. The molecule has 2 atom stereocenters. The first-order valence-electron chi connectivity index (χ1n) is 9.54. The zero-order valence-corrected chi connectivity index (χ0v) is 15.9. The van der Waals surface area contributed by atoms with E-state index in [9.17, 15) is 13.5 Å². The molecule has 0 saturated carbocycles. The number of hydrogen-bond acceptors (Lipinski definition) is 5. The molecule has 4 rings (SSSR count). The summed E-state index contributed by atoms with van der Waals surface area (Å²) in [7, 11) is -3.39. The Bertz CT molecular complexity index is 716. The van der Waals surface area contributed by atoms with Crippen molar-refractivity contribution in [2.45, 2.75) is 42.8 Å². The van der Waals surface area contributed by atoms with E-state index in [0.717, 1.165) is 51.9 Å². The third-order valence-electron chi connectivity index (χ3n) is 6.16. The van der Waals surface area contributed by atoms with Crippen molar-refractivity contribution in [1.29, 1.82) is 0 Å². The normalized spacial score (nSPS) is 30.2. The van der Waals surface area contributed by atoms with Crippen LogP contribution in [0.5, 0.6) is 0 Å². The highest BCUT2D eigenvalue weighted by Gasteiger charge is 2.44. The predicted octanol–water partition coefficient (Wildman–Crippen LogP) is 1.31. The highest BCUT2D eigenvalue weighted by molar-refractivity contribution is 7.89. The Hall–Kier alpha value is -0.990. The Morgan fingerprint density at radius 2 is 1.88 bits per heavy atom. The van der Waals surface area contributed by atoms with Gasteiger partial charge in [-0.2, -0.15) is 4.31 Å². The van der Waals surface area contributed by atoms with Crippen molar-refractivity contribution in [3.05, 3.63) is 30.3 Å². The van der Waals surface area contributed by atoms with Gasteiger partial charge >= 0.3 is 0 Å². The Morgan fingerprint density at radius 1 is 1.15 bits per heavy atom. The number of ether oxygens (including phenoxy) is 1. The van der Waals surface area contributed by atoms with E-state index in [0.29, 0.717) is 18.0 Å². The molecule has 3 aliphatic heterocycles. The van der Waals surface area contributed by atoms with Crippen LogP contribution < -0.4 is 0 Å².